The van der Waals surface area contributed by atoms with Gasteiger partial charge < -0.3 is 9.84 Å². The van der Waals surface area contributed by atoms with E-state index in [1.807, 2.05) is 0 Å². The molecule has 0 aliphatic heterocycles. The summed E-state index contributed by atoms with van der Waals surface area (Å²) in [6.07, 6.45) is 0. The second-order valence-electron chi connectivity index (χ2n) is 2.46. The van der Waals surface area contributed by atoms with Gasteiger partial charge in [-0.1, -0.05) is 15.9 Å². The summed E-state index contributed by atoms with van der Waals surface area (Å²) < 4.78 is 4.98. The van der Waals surface area contributed by atoms with Crippen molar-refractivity contribution in [3.05, 3.63) is 29.3 Å². The van der Waals surface area contributed by atoms with Crippen molar-refractivity contribution in [3.63, 3.8) is 0 Å². The van der Waals surface area contributed by atoms with Gasteiger partial charge in [-0.2, -0.15) is 0 Å². The van der Waals surface area contributed by atoms with Crippen LogP contribution in [-0.4, -0.2) is 18.2 Å². The third-order valence-corrected chi connectivity index (χ3v) is 2.29. The van der Waals surface area contributed by atoms with E-state index in [1.54, 1.807) is 19.2 Å². The van der Waals surface area contributed by atoms with Crippen LogP contribution in [0.15, 0.2) is 18.2 Å². The fraction of sp³-hybridized carbons (Fsp3) is 0.222. The predicted octanol–water partition coefficient (Wildman–Crippen LogP) is 2.29. The van der Waals surface area contributed by atoms with Gasteiger partial charge in [0.05, 0.1) is 12.7 Å². The van der Waals surface area contributed by atoms with Gasteiger partial charge in [0.1, 0.15) is 5.75 Å². The lowest BCUT2D eigenvalue weighted by molar-refractivity contribution is 0.0696. The molecule has 1 rings (SSSR count). The van der Waals surface area contributed by atoms with Gasteiger partial charge in [0.2, 0.25) is 0 Å². The zero-order chi connectivity index (χ0) is 9.84. The fourth-order valence-corrected chi connectivity index (χ4v) is 1.48. The summed E-state index contributed by atoms with van der Waals surface area (Å²) in [7, 11) is 1.55. The van der Waals surface area contributed by atoms with Crippen LogP contribution in [0.4, 0.5) is 0 Å². The van der Waals surface area contributed by atoms with E-state index in [0.29, 0.717) is 22.2 Å². The highest BCUT2D eigenvalue weighted by Crippen LogP contribution is 2.19. The van der Waals surface area contributed by atoms with E-state index in [2.05, 4.69) is 15.9 Å². The largest absolute Gasteiger partial charge is 0.497 e. The Bertz CT molecular complexity index is 323. The van der Waals surface area contributed by atoms with Gasteiger partial charge in [0, 0.05) is 5.33 Å². The summed E-state index contributed by atoms with van der Waals surface area (Å²) in [5.41, 5.74) is 1.02. The lowest BCUT2D eigenvalue weighted by Crippen LogP contribution is -2.01. The van der Waals surface area contributed by atoms with E-state index in [-0.39, 0.29) is 0 Å². The van der Waals surface area contributed by atoms with Gasteiger partial charge in [-0.05, 0) is 23.8 Å². The van der Waals surface area contributed by atoms with E-state index >= 15 is 0 Å². The minimum Gasteiger partial charge on any atom is -0.497 e. The number of rotatable bonds is 3. The van der Waals surface area contributed by atoms with E-state index in [9.17, 15) is 4.79 Å². The Morgan fingerprint density at radius 1 is 1.62 bits per heavy atom. The maximum Gasteiger partial charge on any atom is 0.335 e. The minimum atomic E-state index is -0.919. The number of carboxylic acid groups (broad SMARTS) is 1. The number of halogens is 1. The molecule has 70 valence electrons. The summed E-state index contributed by atoms with van der Waals surface area (Å²) >= 11 is 3.22. The Morgan fingerprint density at radius 3 is 2.77 bits per heavy atom. The van der Waals surface area contributed by atoms with Crippen molar-refractivity contribution >= 4 is 21.9 Å². The highest BCUT2D eigenvalue weighted by Gasteiger charge is 2.09. The molecule has 0 heterocycles. The molecule has 0 unspecified atom stereocenters. The first-order valence-electron chi connectivity index (χ1n) is 3.65. The summed E-state index contributed by atoms with van der Waals surface area (Å²) in [4.78, 5) is 10.7. The molecule has 0 amide bonds. The Kier molecular flexibility index (Phi) is 3.31. The summed E-state index contributed by atoms with van der Waals surface area (Å²) in [5.74, 6) is -0.253. The molecule has 3 nitrogen and oxygen atoms in total. The van der Waals surface area contributed by atoms with Crippen molar-refractivity contribution in [1.29, 1.82) is 0 Å². The molecule has 0 atom stereocenters. The number of hydrogen-bond donors (Lipinski definition) is 1. The zero-order valence-electron chi connectivity index (χ0n) is 7.08. The lowest BCUT2D eigenvalue weighted by atomic mass is 10.1. The van der Waals surface area contributed by atoms with Crippen molar-refractivity contribution in [2.75, 3.05) is 7.11 Å². The van der Waals surface area contributed by atoms with Crippen LogP contribution in [0.2, 0.25) is 0 Å². The first kappa shape index (κ1) is 10.1. The van der Waals surface area contributed by atoms with Crippen LogP contribution in [0, 0.1) is 0 Å². The number of aromatic carboxylic acids is 1. The fourth-order valence-electron chi connectivity index (χ4n) is 1.02. The quantitative estimate of drug-likeness (QED) is 0.831. The normalized spacial score (nSPS) is 9.69. The predicted molar refractivity (Wildman–Crippen MR) is 52.6 cm³/mol. The van der Waals surface area contributed by atoms with Crippen molar-refractivity contribution < 1.29 is 14.6 Å². The number of methoxy groups -OCH3 is 1. The van der Waals surface area contributed by atoms with Crippen molar-refractivity contribution in [3.8, 4) is 5.75 Å². The smallest absolute Gasteiger partial charge is 0.335 e. The molecule has 4 heteroatoms. The first-order valence-corrected chi connectivity index (χ1v) is 4.77. The Balaban J connectivity index is 3.15. The Labute approximate surface area is 84.5 Å². The molecule has 1 aromatic rings. The monoisotopic (exact) mass is 244 g/mol. The van der Waals surface area contributed by atoms with Crippen LogP contribution in [0.1, 0.15) is 15.9 Å². The molecule has 1 N–H and O–H groups in total. The highest BCUT2D eigenvalue weighted by molar-refractivity contribution is 9.08. The second-order valence-corrected chi connectivity index (χ2v) is 3.02. The standard InChI is InChI=1S/C9H9BrO3/c1-13-7-2-3-8(9(11)12)6(4-7)5-10/h2-4H,5H2,1H3,(H,11,12). The molecule has 0 aliphatic carbocycles. The van der Waals surface area contributed by atoms with Crippen LogP contribution in [0.3, 0.4) is 0 Å². The van der Waals surface area contributed by atoms with Gasteiger partial charge in [-0.3, -0.25) is 0 Å². The van der Waals surface area contributed by atoms with E-state index < -0.39 is 5.97 Å². The summed E-state index contributed by atoms with van der Waals surface area (Å²) in [5, 5.41) is 9.30. The van der Waals surface area contributed by atoms with Crippen molar-refractivity contribution in [2.24, 2.45) is 0 Å². The van der Waals surface area contributed by atoms with Gasteiger partial charge in [-0.15, -0.1) is 0 Å². The number of benzene rings is 1. The topological polar surface area (TPSA) is 46.5 Å². The second kappa shape index (κ2) is 4.28. The van der Waals surface area contributed by atoms with Crippen LogP contribution in [0.25, 0.3) is 0 Å². The molecule has 0 bridgehead atoms. The van der Waals surface area contributed by atoms with E-state index in [4.69, 9.17) is 9.84 Å². The maximum atomic E-state index is 10.7. The van der Waals surface area contributed by atoms with Gasteiger partial charge in [-0.25, -0.2) is 4.79 Å². The molecular formula is C9H9BrO3. The average molecular weight is 245 g/mol. The van der Waals surface area contributed by atoms with Gasteiger partial charge in [0.25, 0.3) is 0 Å². The number of hydrogen-bond acceptors (Lipinski definition) is 2. The molecule has 0 saturated carbocycles. The number of carbonyl (C=O) groups is 1. The highest BCUT2D eigenvalue weighted by atomic mass is 79.9. The Hall–Kier alpha value is -1.03. The third kappa shape index (κ3) is 2.21. The molecule has 0 aromatic heterocycles. The average Bonchev–Trinajstić information content (AvgIpc) is 2.16. The molecule has 0 aliphatic rings. The van der Waals surface area contributed by atoms with Crippen molar-refractivity contribution in [2.45, 2.75) is 5.33 Å². The minimum absolute atomic E-state index is 0.303. The molecule has 13 heavy (non-hydrogen) atoms. The third-order valence-electron chi connectivity index (χ3n) is 1.69. The number of alkyl halides is 1. The molecular weight excluding hydrogens is 236 g/mol. The summed E-state index contributed by atoms with van der Waals surface area (Å²) in [6.45, 7) is 0. The van der Waals surface area contributed by atoms with Crippen LogP contribution >= 0.6 is 15.9 Å². The van der Waals surface area contributed by atoms with E-state index in [1.165, 1.54) is 6.07 Å². The van der Waals surface area contributed by atoms with Crippen LogP contribution in [0.5, 0.6) is 5.75 Å². The van der Waals surface area contributed by atoms with Crippen molar-refractivity contribution in [1.82, 2.24) is 0 Å². The van der Waals surface area contributed by atoms with Gasteiger partial charge >= 0.3 is 5.97 Å². The molecule has 0 fully saturated rings. The first-order chi connectivity index (χ1) is 6.19. The number of carboxylic acids is 1. The van der Waals surface area contributed by atoms with Crippen LogP contribution < -0.4 is 4.74 Å². The molecule has 0 spiro atoms. The van der Waals surface area contributed by atoms with Crippen LogP contribution in [-0.2, 0) is 5.33 Å². The lowest BCUT2D eigenvalue weighted by Gasteiger charge is -2.05. The SMILES string of the molecule is COc1ccc(C(=O)O)c(CBr)c1. The molecule has 0 saturated heterocycles. The maximum absolute atomic E-state index is 10.7. The summed E-state index contributed by atoms with van der Waals surface area (Å²) in [6, 6.07) is 4.88. The van der Waals surface area contributed by atoms with Gasteiger partial charge in [0.15, 0.2) is 0 Å². The Morgan fingerprint density at radius 2 is 2.31 bits per heavy atom. The van der Waals surface area contributed by atoms with E-state index in [0.717, 1.165) is 0 Å². The molecule has 0 radical (unpaired) electrons. The molecule has 1 aromatic carbocycles. The number of ether oxygens (including phenoxy) is 1. The zero-order valence-corrected chi connectivity index (χ0v) is 8.67.